The summed E-state index contributed by atoms with van der Waals surface area (Å²) in [4.78, 5) is 35.0. The minimum Gasteiger partial charge on any atom is -0.507 e. The number of aromatic hydroxyl groups is 2. The number of para-hydroxylation sites is 4. The van der Waals surface area contributed by atoms with Gasteiger partial charge in [-0.25, -0.2) is 0 Å². The Morgan fingerprint density at radius 1 is 0.455 bits per heavy atom. The van der Waals surface area contributed by atoms with Crippen molar-refractivity contribution in [3.8, 4) is 11.5 Å². The first-order valence-electron chi connectivity index (χ1n) is 14.3. The van der Waals surface area contributed by atoms with Crippen LogP contribution in [0.25, 0.3) is 98.0 Å². The van der Waals surface area contributed by atoms with Crippen molar-refractivity contribution in [1.82, 2.24) is 18.8 Å². The zero-order valence-corrected chi connectivity index (χ0v) is 22.7. The van der Waals surface area contributed by atoms with Crippen molar-refractivity contribution < 1.29 is 10.2 Å². The average Bonchev–Trinajstić information content (AvgIpc) is 3.62. The van der Waals surface area contributed by atoms with E-state index in [0.717, 1.165) is 54.4 Å². The third-order valence-electron chi connectivity index (χ3n) is 9.68. The van der Waals surface area contributed by atoms with Crippen LogP contribution in [0.5, 0.6) is 11.5 Å². The molecule has 0 fully saturated rings. The highest BCUT2D eigenvalue weighted by atomic mass is 16.3. The number of nitrogens with one attached hydrogen (secondary N) is 2. The van der Waals surface area contributed by atoms with E-state index >= 15 is 0 Å². The number of hydrogen-bond donors (Lipinski definition) is 4. The number of nitrogens with zero attached hydrogens (tertiary/aromatic N) is 2. The molecule has 11 aromatic rings. The maximum absolute atomic E-state index is 14.1. The molecule has 206 valence electrons. The van der Waals surface area contributed by atoms with E-state index in [-0.39, 0.29) is 22.6 Å². The molecule has 11 rings (SSSR count). The molecule has 0 atom stereocenters. The Morgan fingerprint density at radius 2 is 0.864 bits per heavy atom. The van der Waals surface area contributed by atoms with Crippen molar-refractivity contribution in [3.05, 3.63) is 106 Å². The number of imidazole rings is 2. The van der Waals surface area contributed by atoms with Gasteiger partial charge in [0.2, 0.25) is 0 Å². The van der Waals surface area contributed by atoms with Crippen molar-refractivity contribution in [2.24, 2.45) is 0 Å². The summed E-state index contributed by atoms with van der Waals surface area (Å²) in [5.41, 5.74) is 4.04. The summed E-state index contributed by atoms with van der Waals surface area (Å²) >= 11 is 0. The van der Waals surface area contributed by atoms with Gasteiger partial charge in [0, 0.05) is 43.1 Å². The van der Waals surface area contributed by atoms with Gasteiger partial charge >= 0.3 is 0 Å². The molecule has 0 unspecified atom stereocenters. The predicted molar refractivity (Wildman–Crippen MR) is 175 cm³/mol. The normalized spacial score (nSPS) is 12.9. The topological polar surface area (TPSA) is 115 Å². The van der Waals surface area contributed by atoms with E-state index in [1.165, 1.54) is 12.1 Å². The van der Waals surface area contributed by atoms with Crippen LogP contribution in [-0.4, -0.2) is 29.0 Å². The summed E-state index contributed by atoms with van der Waals surface area (Å²) < 4.78 is 3.32. The van der Waals surface area contributed by atoms with Crippen LogP contribution in [-0.2, 0) is 0 Å². The Kier molecular flexibility index (Phi) is 3.56. The molecule has 4 N–H and O–H groups in total. The first-order valence-corrected chi connectivity index (χ1v) is 14.3. The van der Waals surface area contributed by atoms with E-state index in [1.807, 2.05) is 72.8 Å². The average molecular weight is 571 g/mol. The fourth-order valence-electron chi connectivity index (χ4n) is 7.98. The highest BCUT2D eigenvalue weighted by Crippen LogP contribution is 2.50. The number of phenolic OH excluding ortho intramolecular Hbond substituents is 2. The van der Waals surface area contributed by atoms with Crippen LogP contribution < -0.4 is 11.1 Å². The Bertz CT molecular complexity index is 3010. The summed E-state index contributed by atoms with van der Waals surface area (Å²) in [5, 5.41) is 31.2. The minimum atomic E-state index is -0.238. The van der Waals surface area contributed by atoms with Crippen LogP contribution in [0, 0.1) is 0 Å². The molecule has 0 aliphatic heterocycles. The van der Waals surface area contributed by atoms with E-state index in [1.54, 1.807) is 8.80 Å². The molecule has 4 aromatic heterocycles. The molecule has 0 saturated carbocycles. The molecule has 0 amide bonds. The van der Waals surface area contributed by atoms with Crippen LogP contribution in [0.2, 0.25) is 0 Å². The maximum atomic E-state index is 14.1. The molecular weight excluding hydrogens is 552 g/mol. The Morgan fingerprint density at radius 3 is 1.32 bits per heavy atom. The molecule has 0 aliphatic carbocycles. The summed E-state index contributed by atoms with van der Waals surface area (Å²) in [7, 11) is 0. The van der Waals surface area contributed by atoms with Crippen molar-refractivity contribution in [1.29, 1.82) is 0 Å². The first kappa shape index (κ1) is 22.3. The third kappa shape index (κ3) is 2.27. The Balaban J connectivity index is 1.44. The lowest BCUT2D eigenvalue weighted by Gasteiger charge is -2.20. The first-order chi connectivity index (χ1) is 21.5. The molecule has 8 heteroatoms. The lowest BCUT2D eigenvalue weighted by Crippen LogP contribution is -2.14. The standard InChI is InChI=1S/C36H18N4O4/c41-25-13-19-27-17(33-37-21-5-1-3-7-23(21)39(33)35(19)43)11-9-15-16-10-12-18-28-20(14-26(42)32(30(16)28)31(25)29(15)27)36(44)40-24-8-4-2-6-22(24)38-34(18)40/h1-14,37-38,41-42H. The number of fused-ring (bicyclic) bond motifs is 10. The van der Waals surface area contributed by atoms with Crippen LogP contribution >= 0.6 is 0 Å². The monoisotopic (exact) mass is 570 g/mol. The maximum Gasteiger partial charge on any atom is 0.264 e. The zero-order valence-electron chi connectivity index (χ0n) is 22.7. The number of hydrogen-bond acceptors (Lipinski definition) is 4. The second-order valence-corrected chi connectivity index (χ2v) is 11.7. The van der Waals surface area contributed by atoms with E-state index in [2.05, 4.69) is 9.97 Å². The number of phenols is 2. The smallest absolute Gasteiger partial charge is 0.264 e. The fraction of sp³-hybridized carbons (Fsp3) is 0. The van der Waals surface area contributed by atoms with Crippen LogP contribution in [0.4, 0.5) is 0 Å². The highest BCUT2D eigenvalue weighted by Gasteiger charge is 2.26. The van der Waals surface area contributed by atoms with E-state index in [4.69, 9.17) is 0 Å². The molecule has 0 aliphatic rings. The molecule has 0 spiro atoms. The number of aromatic amines is 2. The van der Waals surface area contributed by atoms with Crippen LogP contribution in [0.15, 0.2) is 94.5 Å². The summed E-state index contributed by atoms with van der Waals surface area (Å²) in [6.07, 6.45) is 0. The van der Waals surface area contributed by atoms with Crippen molar-refractivity contribution in [2.75, 3.05) is 0 Å². The number of H-pyrrole nitrogens is 2. The zero-order chi connectivity index (χ0) is 29.2. The van der Waals surface area contributed by atoms with Crippen molar-refractivity contribution in [2.45, 2.75) is 0 Å². The van der Waals surface area contributed by atoms with Gasteiger partial charge in [-0.05, 0) is 47.2 Å². The molecule has 8 nitrogen and oxygen atoms in total. The van der Waals surface area contributed by atoms with E-state index in [0.29, 0.717) is 43.6 Å². The van der Waals surface area contributed by atoms with Crippen LogP contribution in [0.1, 0.15) is 0 Å². The number of benzene rings is 7. The van der Waals surface area contributed by atoms with E-state index < -0.39 is 0 Å². The number of rotatable bonds is 0. The molecule has 44 heavy (non-hydrogen) atoms. The molecule has 7 aromatic carbocycles. The molecule has 0 bridgehead atoms. The van der Waals surface area contributed by atoms with Gasteiger partial charge in [0.25, 0.3) is 11.1 Å². The van der Waals surface area contributed by atoms with E-state index in [9.17, 15) is 19.8 Å². The van der Waals surface area contributed by atoms with Crippen LogP contribution in [0.3, 0.4) is 0 Å². The van der Waals surface area contributed by atoms with Gasteiger partial charge in [-0.15, -0.1) is 0 Å². The number of aromatic nitrogens is 4. The molecule has 0 radical (unpaired) electrons. The largest absolute Gasteiger partial charge is 0.507 e. The van der Waals surface area contributed by atoms with Gasteiger partial charge in [0.15, 0.2) is 0 Å². The predicted octanol–water partition coefficient (Wildman–Crippen LogP) is 7.08. The summed E-state index contributed by atoms with van der Waals surface area (Å²) in [6, 6.07) is 26.3. The lowest BCUT2D eigenvalue weighted by molar-refractivity contribution is 0.478. The van der Waals surface area contributed by atoms with Gasteiger partial charge < -0.3 is 20.2 Å². The van der Waals surface area contributed by atoms with Crippen molar-refractivity contribution >= 4 is 98.0 Å². The summed E-state index contributed by atoms with van der Waals surface area (Å²) in [6.45, 7) is 0. The minimum absolute atomic E-state index is 0.104. The lowest BCUT2D eigenvalue weighted by atomic mass is 9.85. The second kappa shape index (κ2) is 7.02. The molecule has 4 heterocycles. The van der Waals surface area contributed by atoms with Gasteiger partial charge in [0.05, 0.1) is 32.8 Å². The second-order valence-electron chi connectivity index (χ2n) is 11.7. The quantitative estimate of drug-likeness (QED) is 0.115. The third-order valence-corrected chi connectivity index (χ3v) is 9.68. The summed E-state index contributed by atoms with van der Waals surface area (Å²) in [5.74, 6) is -0.208. The van der Waals surface area contributed by atoms with Gasteiger partial charge in [-0.3, -0.25) is 18.4 Å². The molecular formula is C36H18N4O4. The highest BCUT2D eigenvalue weighted by molar-refractivity contribution is 6.42. The Hall–Kier alpha value is -6.28. The fourth-order valence-corrected chi connectivity index (χ4v) is 7.98. The van der Waals surface area contributed by atoms with Crippen molar-refractivity contribution in [3.63, 3.8) is 0 Å². The van der Waals surface area contributed by atoms with Gasteiger partial charge in [-0.1, -0.05) is 48.5 Å². The number of pyridine rings is 2. The van der Waals surface area contributed by atoms with Gasteiger partial charge in [-0.2, -0.15) is 0 Å². The van der Waals surface area contributed by atoms with Gasteiger partial charge in [0.1, 0.15) is 22.8 Å². The SMILES string of the molecule is O=c1c2cc(O)c3c4c(O)cc5c(=O)n6c7ccccc7[nH]c6c6ccc(c7ccc(c2c73)c2[nH]c3ccccc3n12)c4c56. The Labute approximate surface area is 243 Å². The molecule has 0 saturated heterocycles.